The molecule has 0 radical (unpaired) electrons. The number of carbonyl (C=O) groups is 1. The van der Waals surface area contributed by atoms with Crippen LogP contribution in [0.4, 0.5) is 26.3 Å². The van der Waals surface area contributed by atoms with Crippen LogP contribution in [0.2, 0.25) is 0 Å². The molecule has 0 fully saturated rings. The third-order valence-corrected chi connectivity index (χ3v) is 7.27. The van der Waals surface area contributed by atoms with Crippen LogP contribution in [0.3, 0.4) is 0 Å². The van der Waals surface area contributed by atoms with Crippen molar-refractivity contribution in [3.63, 3.8) is 0 Å². The minimum Gasteiger partial charge on any atom is -0.466 e. The van der Waals surface area contributed by atoms with E-state index in [4.69, 9.17) is 0 Å². The number of fused-ring (bicyclic) bond motifs is 1. The molecular weight excluding hydrogens is 552 g/mol. The highest BCUT2D eigenvalue weighted by Crippen LogP contribution is 2.44. The second-order valence-electron chi connectivity index (χ2n) is 9.84. The van der Waals surface area contributed by atoms with E-state index in [0.29, 0.717) is 5.56 Å². The van der Waals surface area contributed by atoms with Crippen LogP contribution in [0.1, 0.15) is 54.6 Å². The number of esters is 1. The summed E-state index contributed by atoms with van der Waals surface area (Å²) in [7, 11) is -4.83. The Morgan fingerprint density at radius 2 is 1.72 bits per heavy atom. The molecule has 2 aromatic carbocycles. The molecule has 0 spiro atoms. The predicted octanol–water partition coefficient (Wildman–Crippen LogP) is 5.77. The summed E-state index contributed by atoms with van der Waals surface area (Å²) < 4.78 is 117. The standard InChI is InChI=1S/C26H27F6NO5S/c1-14-10-18-15(2)21(38-39(35,36)26(30,31)32)8-7-17(18)24(33(14)13-25(3,4)29)23-19(27)11-16(12-20(23)28)6-9-22(34)37-5/h6-9,11-12,14,24H,10,13H2,1-5H3/b9-6+. The van der Waals surface area contributed by atoms with Gasteiger partial charge in [-0.15, -0.1) is 0 Å². The van der Waals surface area contributed by atoms with E-state index in [2.05, 4.69) is 8.92 Å². The van der Waals surface area contributed by atoms with E-state index in [1.54, 1.807) is 11.8 Å². The first-order chi connectivity index (χ1) is 17.9. The molecule has 0 N–H and O–H groups in total. The van der Waals surface area contributed by atoms with Gasteiger partial charge in [0.2, 0.25) is 0 Å². The average molecular weight is 580 g/mol. The first-order valence-electron chi connectivity index (χ1n) is 11.7. The molecule has 2 unspecified atom stereocenters. The number of nitrogens with zero attached hydrogens (tertiary/aromatic N) is 1. The highest BCUT2D eigenvalue weighted by molar-refractivity contribution is 7.88. The topological polar surface area (TPSA) is 72.9 Å². The summed E-state index contributed by atoms with van der Waals surface area (Å²) in [5.41, 5.74) is -7.28. The van der Waals surface area contributed by atoms with Crippen molar-refractivity contribution in [3.8, 4) is 5.75 Å². The summed E-state index contributed by atoms with van der Waals surface area (Å²) in [4.78, 5) is 12.9. The molecule has 0 bridgehead atoms. The van der Waals surface area contributed by atoms with Gasteiger partial charge in [0.1, 0.15) is 23.1 Å². The Hall–Kier alpha value is -3.06. The van der Waals surface area contributed by atoms with Crippen molar-refractivity contribution in [2.45, 2.75) is 57.4 Å². The van der Waals surface area contributed by atoms with E-state index in [0.717, 1.165) is 37.5 Å². The number of rotatable bonds is 7. The zero-order chi connectivity index (χ0) is 29.5. The van der Waals surface area contributed by atoms with E-state index >= 15 is 8.78 Å². The summed E-state index contributed by atoms with van der Waals surface area (Å²) in [6, 6.07) is 2.38. The maximum Gasteiger partial charge on any atom is 0.534 e. The predicted molar refractivity (Wildman–Crippen MR) is 131 cm³/mol. The van der Waals surface area contributed by atoms with Gasteiger partial charge in [-0.3, -0.25) is 4.90 Å². The molecule has 0 aromatic heterocycles. The molecule has 1 heterocycles. The van der Waals surface area contributed by atoms with Crippen LogP contribution >= 0.6 is 0 Å². The number of hydrogen-bond donors (Lipinski definition) is 0. The fraction of sp³-hybridized carbons (Fsp3) is 0.423. The van der Waals surface area contributed by atoms with Crippen LogP contribution in [-0.2, 0) is 26.1 Å². The fourth-order valence-corrected chi connectivity index (χ4v) is 5.09. The van der Waals surface area contributed by atoms with Gasteiger partial charge in [-0.25, -0.2) is 18.0 Å². The summed E-state index contributed by atoms with van der Waals surface area (Å²) in [5.74, 6) is -3.35. The largest absolute Gasteiger partial charge is 0.534 e. The molecule has 2 aromatic rings. The van der Waals surface area contributed by atoms with E-state index in [1.807, 2.05) is 0 Å². The second kappa shape index (κ2) is 10.8. The van der Waals surface area contributed by atoms with Crippen molar-refractivity contribution in [1.29, 1.82) is 0 Å². The molecule has 0 amide bonds. The van der Waals surface area contributed by atoms with Crippen LogP contribution in [0.25, 0.3) is 6.08 Å². The Bertz CT molecular complexity index is 1380. The Morgan fingerprint density at radius 1 is 1.13 bits per heavy atom. The van der Waals surface area contributed by atoms with Gasteiger partial charge in [0.25, 0.3) is 0 Å². The zero-order valence-corrected chi connectivity index (χ0v) is 22.5. The van der Waals surface area contributed by atoms with Crippen molar-refractivity contribution in [1.82, 2.24) is 4.90 Å². The number of halogens is 6. The van der Waals surface area contributed by atoms with Crippen molar-refractivity contribution < 1.29 is 48.5 Å². The Morgan fingerprint density at radius 3 is 2.23 bits per heavy atom. The van der Waals surface area contributed by atoms with E-state index in [-0.39, 0.29) is 29.7 Å². The molecule has 6 nitrogen and oxygen atoms in total. The lowest BCUT2D eigenvalue weighted by Gasteiger charge is -2.44. The molecule has 13 heteroatoms. The third kappa shape index (κ3) is 6.57. The van der Waals surface area contributed by atoms with Gasteiger partial charge in [-0.1, -0.05) is 6.07 Å². The monoisotopic (exact) mass is 579 g/mol. The molecule has 3 rings (SSSR count). The number of ether oxygens (including phenoxy) is 1. The smallest absolute Gasteiger partial charge is 0.466 e. The number of benzene rings is 2. The van der Waals surface area contributed by atoms with Crippen molar-refractivity contribution >= 4 is 22.2 Å². The van der Waals surface area contributed by atoms with Crippen LogP contribution in [-0.4, -0.2) is 50.2 Å². The molecule has 1 aliphatic heterocycles. The minimum atomic E-state index is -5.97. The van der Waals surface area contributed by atoms with Gasteiger partial charge in [0.15, 0.2) is 0 Å². The van der Waals surface area contributed by atoms with Crippen molar-refractivity contribution in [3.05, 3.63) is 69.8 Å². The average Bonchev–Trinajstić information content (AvgIpc) is 2.79. The van der Waals surface area contributed by atoms with Gasteiger partial charge in [0, 0.05) is 24.2 Å². The van der Waals surface area contributed by atoms with Gasteiger partial charge in [0.05, 0.1) is 13.2 Å². The van der Waals surface area contributed by atoms with Gasteiger partial charge >= 0.3 is 21.6 Å². The summed E-state index contributed by atoms with van der Waals surface area (Å²) in [6.07, 6.45) is 2.24. The normalized spacial score (nSPS) is 18.7. The van der Waals surface area contributed by atoms with E-state index in [9.17, 15) is 30.8 Å². The maximum absolute atomic E-state index is 15.5. The second-order valence-corrected chi connectivity index (χ2v) is 11.4. The number of carbonyl (C=O) groups excluding carboxylic acids is 1. The van der Waals surface area contributed by atoms with Gasteiger partial charge in [-0.05, 0) is 80.6 Å². The van der Waals surface area contributed by atoms with Crippen molar-refractivity contribution in [2.75, 3.05) is 13.7 Å². The third-order valence-electron chi connectivity index (χ3n) is 6.31. The molecule has 1 aliphatic rings. The molecule has 0 aliphatic carbocycles. The SMILES string of the molecule is COC(=O)/C=C/c1cc(F)c(C2c3ccc(OS(=O)(=O)C(F)(F)F)c(C)c3CC(C)N2CC(C)(C)F)c(F)c1. The lowest BCUT2D eigenvalue weighted by molar-refractivity contribution is -0.134. The summed E-state index contributed by atoms with van der Waals surface area (Å²) in [5, 5.41) is 0. The number of hydrogen-bond acceptors (Lipinski definition) is 6. The van der Waals surface area contributed by atoms with Crippen molar-refractivity contribution in [2.24, 2.45) is 0 Å². The van der Waals surface area contributed by atoms with Gasteiger partial charge in [-0.2, -0.15) is 21.6 Å². The lowest BCUT2D eigenvalue weighted by atomic mass is 9.81. The molecule has 39 heavy (non-hydrogen) atoms. The van der Waals surface area contributed by atoms with E-state index in [1.165, 1.54) is 26.8 Å². The molecule has 2 atom stereocenters. The first-order valence-corrected chi connectivity index (χ1v) is 13.1. The Balaban J connectivity index is 2.20. The fourth-order valence-electron chi connectivity index (χ4n) is 4.58. The lowest BCUT2D eigenvalue weighted by Crippen LogP contribution is -2.48. The molecule has 0 saturated carbocycles. The molecular formula is C26H27F6NO5S. The summed E-state index contributed by atoms with van der Waals surface area (Å²) >= 11 is 0. The zero-order valence-electron chi connectivity index (χ0n) is 21.7. The van der Waals surface area contributed by atoms with Crippen LogP contribution in [0.5, 0.6) is 5.75 Å². The number of alkyl halides is 4. The van der Waals surface area contributed by atoms with Gasteiger partial charge < -0.3 is 8.92 Å². The number of methoxy groups -OCH3 is 1. The minimum absolute atomic E-state index is 0.0119. The maximum atomic E-state index is 15.5. The Kier molecular flexibility index (Phi) is 8.47. The molecule has 0 saturated heterocycles. The van der Waals surface area contributed by atoms with Crippen LogP contribution < -0.4 is 4.18 Å². The van der Waals surface area contributed by atoms with Crippen LogP contribution in [0.15, 0.2) is 30.3 Å². The quantitative estimate of drug-likeness (QED) is 0.136. The van der Waals surface area contributed by atoms with Crippen LogP contribution in [0, 0.1) is 18.6 Å². The van der Waals surface area contributed by atoms with E-state index < -0.39 is 62.3 Å². The highest BCUT2D eigenvalue weighted by Gasteiger charge is 2.49. The summed E-state index contributed by atoms with van der Waals surface area (Å²) in [6.45, 7) is 5.34. The first kappa shape index (κ1) is 30.5. The highest BCUT2D eigenvalue weighted by atomic mass is 32.2. The Labute approximate surface area is 222 Å². The molecule has 214 valence electrons.